The highest BCUT2D eigenvalue weighted by Crippen LogP contribution is 2.20. The molecule has 8 heteroatoms. The van der Waals surface area contributed by atoms with E-state index in [1.807, 2.05) is 0 Å². The predicted octanol–water partition coefficient (Wildman–Crippen LogP) is 0.958. The van der Waals surface area contributed by atoms with Crippen molar-refractivity contribution in [1.82, 2.24) is 5.32 Å². The summed E-state index contributed by atoms with van der Waals surface area (Å²) in [6.45, 7) is 0.362. The zero-order chi connectivity index (χ0) is 13.5. The molecule has 0 fully saturated rings. The number of phenols is 1. The molecule has 0 aliphatic heterocycles. The summed E-state index contributed by atoms with van der Waals surface area (Å²) in [6.07, 6.45) is 0. The molecule has 0 heterocycles. The van der Waals surface area contributed by atoms with Crippen LogP contribution in [0.25, 0.3) is 10.4 Å². The summed E-state index contributed by atoms with van der Waals surface area (Å²) in [4.78, 5) is 13.8. The van der Waals surface area contributed by atoms with Gasteiger partial charge in [0.1, 0.15) is 6.04 Å². The van der Waals surface area contributed by atoms with Crippen LogP contribution in [0.4, 0.5) is 4.39 Å². The molecule has 1 rings (SSSR count). The van der Waals surface area contributed by atoms with E-state index in [4.69, 9.17) is 16.4 Å². The molecule has 1 unspecified atom stereocenters. The van der Waals surface area contributed by atoms with Crippen LogP contribution in [0, 0.1) is 5.82 Å². The number of nitrogens with zero attached hydrogens (tertiary/aromatic N) is 3. The Kier molecular flexibility index (Phi) is 4.91. The second-order valence-electron chi connectivity index (χ2n) is 3.45. The van der Waals surface area contributed by atoms with Gasteiger partial charge in [-0.1, -0.05) is 11.2 Å². The standard InChI is InChI=1S/C10H12FN5O2/c11-7-5-6(1-2-8(7)17)9(10(12)18)14-3-4-15-16-13/h1-2,5,9,14,17H,3-4H2,(H2,12,18). The molecule has 96 valence electrons. The third-order valence-electron chi connectivity index (χ3n) is 2.21. The zero-order valence-corrected chi connectivity index (χ0v) is 9.38. The van der Waals surface area contributed by atoms with Gasteiger partial charge in [-0.3, -0.25) is 4.79 Å². The van der Waals surface area contributed by atoms with Gasteiger partial charge in [0.2, 0.25) is 5.91 Å². The molecule has 0 aliphatic carbocycles. The number of carbonyl (C=O) groups excluding carboxylic acids is 1. The lowest BCUT2D eigenvalue weighted by Gasteiger charge is -2.15. The van der Waals surface area contributed by atoms with Crippen molar-refractivity contribution in [3.8, 4) is 5.75 Å². The number of carbonyl (C=O) groups is 1. The van der Waals surface area contributed by atoms with Crippen LogP contribution >= 0.6 is 0 Å². The largest absolute Gasteiger partial charge is 0.505 e. The van der Waals surface area contributed by atoms with E-state index in [1.54, 1.807) is 0 Å². The van der Waals surface area contributed by atoms with Gasteiger partial charge in [-0.05, 0) is 23.2 Å². The van der Waals surface area contributed by atoms with E-state index in [1.165, 1.54) is 6.07 Å². The fraction of sp³-hybridized carbons (Fsp3) is 0.300. The number of benzene rings is 1. The SMILES string of the molecule is [N-]=[N+]=NCCNC(C(N)=O)c1ccc(O)c(F)c1. The van der Waals surface area contributed by atoms with Crippen molar-refractivity contribution in [1.29, 1.82) is 0 Å². The van der Waals surface area contributed by atoms with Crippen LogP contribution < -0.4 is 11.1 Å². The second kappa shape index (κ2) is 6.43. The third kappa shape index (κ3) is 3.62. The van der Waals surface area contributed by atoms with Crippen molar-refractivity contribution >= 4 is 5.91 Å². The van der Waals surface area contributed by atoms with Crippen LogP contribution in [0.1, 0.15) is 11.6 Å². The van der Waals surface area contributed by atoms with E-state index in [9.17, 15) is 9.18 Å². The van der Waals surface area contributed by atoms with Crippen molar-refractivity contribution in [2.75, 3.05) is 13.1 Å². The number of primary amides is 1. The van der Waals surface area contributed by atoms with Crippen LogP contribution in [0.5, 0.6) is 5.75 Å². The Labute approximate surface area is 102 Å². The molecule has 1 aromatic carbocycles. The van der Waals surface area contributed by atoms with Crippen molar-refractivity contribution in [3.05, 3.63) is 40.0 Å². The Balaban J connectivity index is 2.80. The Morgan fingerprint density at radius 2 is 2.39 bits per heavy atom. The smallest absolute Gasteiger partial charge is 0.239 e. The number of phenolic OH excluding ortho intramolecular Hbond substituents is 1. The van der Waals surface area contributed by atoms with Crippen LogP contribution in [0.3, 0.4) is 0 Å². The summed E-state index contributed by atoms with van der Waals surface area (Å²) in [7, 11) is 0. The lowest BCUT2D eigenvalue weighted by atomic mass is 10.1. The molecule has 0 spiro atoms. The van der Waals surface area contributed by atoms with Crippen molar-refractivity contribution < 1.29 is 14.3 Å². The quantitative estimate of drug-likeness (QED) is 0.302. The maximum absolute atomic E-state index is 13.1. The van der Waals surface area contributed by atoms with Crippen molar-refractivity contribution in [3.63, 3.8) is 0 Å². The maximum Gasteiger partial charge on any atom is 0.239 e. The second-order valence-corrected chi connectivity index (χ2v) is 3.45. The minimum absolute atomic E-state index is 0.140. The number of aromatic hydroxyl groups is 1. The zero-order valence-electron chi connectivity index (χ0n) is 9.38. The molecule has 7 nitrogen and oxygen atoms in total. The van der Waals surface area contributed by atoms with E-state index in [0.717, 1.165) is 12.1 Å². The Bertz CT molecular complexity index is 487. The van der Waals surface area contributed by atoms with E-state index in [0.29, 0.717) is 5.56 Å². The molecule has 1 amide bonds. The summed E-state index contributed by atoms with van der Waals surface area (Å²) in [5.41, 5.74) is 13.6. The van der Waals surface area contributed by atoms with Gasteiger partial charge >= 0.3 is 0 Å². The topological polar surface area (TPSA) is 124 Å². The van der Waals surface area contributed by atoms with Gasteiger partial charge in [-0.2, -0.15) is 0 Å². The lowest BCUT2D eigenvalue weighted by molar-refractivity contribution is -0.120. The van der Waals surface area contributed by atoms with Crippen LogP contribution in [-0.2, 0) is 4.79 Å². The fourth-order valence-electron chi connectivity index (χ4n) is 1.39. The number of azide groups is 1. The van der Waals surface area contributed by atoms with Gasteiger partial charge in [0.15, 0.2) is 11.6 Å². The summed E-state index contributed by atoms with van der Waals surface area (Å²) in [6, 6.07) is 2.63. The summed E-state index contributed by atoms with van der Waals surface area (Å²) in [5.74, 6) is -2.03. The Morgan fingerprint density at radius 3 is 2.94 bits per heavy atom. The molecule has 0 saturated heterocycles. The van der Waals surface area contributed by atoms with Gasteiger partial charge in [0.25, 0.3) is 0 Å². The molecule has 18 heavy (non-hydrogen) atoms. The van der Waals surface area contributed by atoms with Crippen molar-refractivity contribution in [2.45, 2.75) is 6.04 Å². The first-order chi connectivity index (χ1) is 8.56. The molecule has 1 aromatic rings. The van der Waals surface area contributed by atoms with Gasteiger partial charge in [0.05, 0.1) is 0 Å². The average Bonchev–Trinajstić information content (AvgIpc) is 2.32. The summed E-state index contributed by atoms with van der Waals surface area (Å²) < 4.78 is 13.1. The molecule has 1 atom stereocenters. The number of nitrogens with one attached hydrogen (secondary N) is 1. The molecule has 0 bridgehead atoms. The minimum Gasteiger partial charge on any atom is -0.505 e. The van der Waals surface area contributed by atoms with E-state index in [2.05, 4.69) is 15.3 Å². The number of hydrogen-bond acceptors (Lipinski definition) is 4. The summed E-state index contributed by atoms with van der Waals surface area (Å²) >= 11 is 0. The highest BCUT2D eigenvalue weighted by molar-refractivity contribution is 5.81. The maximum atomic E-state index is 13.1. The monoisotopic (exact) mass is 253 g/mol. The first-order valence-corrected chi connectivity index (χ1v) is 5.08. The first-order valence-electron chi connectivity index (χ1n) is 5.08. The van der Waals surface area contributed by atoms with E-state index in [-0.39, 0.29) is 13.1 Å². The van der Waals surface area contributed by atoms with E-state index < -0.39 is 23.5 Å². The van der Waals surface area contributed by atoms with Crippen LogP contribution in [-0.4, -0.2) is 24.1 Å². The average molecular weight is 253 g/mol. The van der Waals surface area contributed by atoms with Gasteiger partial charge in [-0.15, -0.1) is 0 Å². The number of amides is 1. The van der Waals surface area contributed by atoms with Crippen LogP contribution in [0.15, 0.2) is 23.3 Å². The molecular weight excluding hydrogens is 241 g/mol. The predicted molar refractivity (Wildman–Crippen MR) is 62.0 cm³/mol. The highest BCUT2D eigenvalue weighted by Gasteiger charge is 2.18. The van der Waals surface area contributed by atoms with Crippen LogP contribution in [0.2, 0.25) is 0 Å². The third-order valence-corrected chi connectivity index (χ3v) is 2.21. The number of rotatable bonds is 6. The molecular formula is C10H12FN5O2. The molecule has 0 saturated carbocycles. The first kappa shape index (κ1) is 13.8. The summed E-state index contributed by atoms with van der Waals surface area (Å²) in [5, 5.41) is 15.1. The molecule has 0 aliphatic rings. The number of halogens is 1. The van der Waals surface area contributed by atoms with Gasteiger partial charge in [-0.25, -0.2) is 4.39 Å². The van der Waals surface area contributed by atoms with Gasteiger partial charge < -0.3 is 16.2 Å². The Morgan fingerprint density at radius 1 is 1.67 bits per heavy atom. The minimum atomic E-state index is -0.908. The number of hydrogen-bond donors (Lipinski definition) is 3. The number of nitrogens with two attached hydrogens (primary N) is 1. The van der Waals surface area contributed by atoms with Gasteiger partial charge in [0, 0.05) is 18.0 Å². The van der Waals surface area contributed by atoms with Crippen molar-refractivity contribution in [2.24, 2.45) is 10.8 Å². The molecule has 4 N–H and O–H groups in total. The molecule has 0 radical (unpaired) electrons. The lowest BCUT2D eigenvalue weighted by Crippen LogP contribution is -2.35. The van der Waals surface area contributed by atoms with E-state index >= 15 is 0 Å². The molecule has 0 aromatic heterocycles. The normalized spacial score (nSPS) is 11.6. The highest BCUT2D eigenvalue weighted by atomic mass is 19.1. The Hall–Kier alpha value is -2.31. The fourth-order valence-corrected chi connectivity index (χ4v) is 1.39.